The molecule has 0 heterocycles. The van der Waals surface area contributed by atoms with Gasteiger partial charge in [0.2, 0.25) is 0 Å². The molecular weight excluding hydrogens is 151 g/mol. The van der Waals surface area contributed by atoms with Crippen molar-refractivity contribution in [1.82, 2.24) is 0 Å². The Morgan fingerprint density at radius 2 is 2.00 bits per heavy atom. The Hall–Kier alpha value is -0.330. The lowest BCUT2D eigenvalue weighted by Crippen LogP contribution is -2.23. The number of hydrogen-bond acceptors (Lipinski definition) is 0. The summed E-state index contributed by atoms with van der Waals surface area (Å²) in [6, 6.07) is 0. The monoisotopic (exact) mass is 172 g/mol. The van der Waals surface area contributed by atoms with E-state index < -0.39 is 0 Å². The number of unbranched alkanes of at least 4 members (excludes halogenated alkanes) is 1. The van der Waals surface area contributed by atoms with Crippen LogP contribution in [0.3, 0.4) is 0 Å². The zero-order chi connectivity index (χ0) is 9.78. The lowest BCUT2D eigenvalue weighted by Gasteiger charge is -2.31. The zero-order valence-corrected chi connectivity index (χ0v) is 8.78. The standard InChI is InChI=1S/C11H21F/c1-6-7-8-11(5,9(2)3)10(4)12/h9H,4,6-8H2,1-3,5H3. The van der Waals surface area contributed by atoms with Crippen LogP contribution in [0.1, 0.15) is 47.0 Å². The Morgan fingerprint density at radius 1 is 1.50 bits per heavy atom. The van der Waals surface area contributed by atoms with Crippen molar-refractivity contribution in [3.8, 4) is 0 Å². The van der Waals surface area contributed by atoms with Crippen LogP contribution in [0.15, 0.2) is 12.4 Å². The molecule has 0 saturated heterocycles. The molecule has 0 saturated carbocycles. The largest absolute Gasteiger partial charge is 0.212 e. The number of rotatable bonds is 5. The van der Waals surface area contributed by atoms with Gasteiger partial charge in [-0.1, -0.05) is 47.1 Å². The quantitative estimate of drug-likeness (QED) is 0.579. The van der Waals surface area contributed by atoms with Crippen LogP contribution in [-0.4, -0.2) is 0 Å². The van der Waals surface area contributed by atoms with E-state index in [1.807, 2.05) is 6.92 Å². The van der Waals surface area contributed by atoms with E-state index >= 15 is 0 Å². The van der Waals surface area contributed by atoms with Crippen LogP contribution < -0.4 is 0 Å². The highest BCUT2D eigenvalue weighted by molar-refractivity contribution is 5.01. The predicted molar refractivity (Wildman–Crippen MR) is 52.7 cm³/mol. The summed E-state index contributed by atoms with van der Waals surface area (Å²) < 4.78 is 13.1. The van der Waals surface area contributed by atoms with E-state index in [2.05, 4.69) is 27.4 Å². The van der Waals surface area contributed by atoms with Gasteiger partial charge in [0.25, 0.3) is 0 Å². The van der Waals surface area contributed by atoms with Gasteiger partial charge in [-0.15, -0.1) is 0 Å². The lowest BCUT2D eigenvalue weighted by atomic mass is 9.74. The van der Waals surface area contributed by atoms with Crippen molar-refractivity contribution in [3.63, 3.8) is 0 Å². The highest BCUT2D eigenvalue weighted by atomic mass is 19.1. The van der Waals surface area contributed by atoms with Crippen LogP contribution in [0, 0.1) is 11.3 Å². The van der Waals surface area contributed by atoms with Gasteiger partial charge in [0.1, 0.15) is 0 Å². The van der Waals surface area contributed by atoms with E-state index in [0.717, 1.165) is 19.3 Å². The Morgan fingerprint density at radius 3 is 2.25 bits per heavy atom. The van der Waals surface area contributed by atoms with Gasteiger partial charge in [-0.05, 0) is 12.3 Å². The van der Waals surface area contributed by atoms with E-state index in [-0.39, 0.29) is 11.2 Å². The molecule has 72 valence electrons. The van der Waals surface area contributed by atoms with Gasteiger partial charge >= 0.3 is 0 Å². The molecule has 0 nitrogen and oxygen atoms in total. The third kappa shape index (κ3) is 2.62. The third-order valence-corrected chi connectivity index (χ3v) is 2.94. The van der Waals surface area contributed by atoms with Crippen LogP contribution >= 0.6 is 0 Å². The average molecular weight is 172 g/mol. The molecule has 0 aliphatic heterocycles. The summed E-state index contributed by atoms with van der Waals surface area (Å²) in [5.41, 5.74) is -0.310. The van der Waals surface area contributed by atoms with Gasteiger partial charge in [-0.3, -0.25) is 0 Å². The number of halogens is 1. The molecule has 0 aromatic heterocycles. The fourth-order valence-electron chi connectivity index (χ4n) is 1.28. The first-order chi connectivity index (χ1) is 5.45. The van der Waals surface area contributed by atoms with E-state index in [1.165, 1.54) is 0 Å². The Kier molecular flexibility index (Phi) is 4.51. The number of hydrogen-bond donors (Lipinski definition) is 0. The highest BCUT2D eigenvalue weighted by Gasteiger charge is 2.31. The summed E-state index contributed by atoms with van der Waals surface area (Å²) in [6.45, 7) is 11.6. The second-order valence-electron chi connectivity index (χ2n) is 4.08. The van der Waals surface area contributed by atoms with Crippen molar-refractivity contribution in [2.75, 3.05) is 0 Å². The Balaban J connectivity index is 4.29. The topological polar surface area (TPSA) is 0 Å². The second-order valence-corrected chi connectivity index (χ2v) is 4.08. The Bertz CT molecular complexity index is 149. The van der Waals surface area contributed by atoms with Crippen molar-refractivity contribution >= 4 is 0 Å². The van der Waals surface area contributed by atoms with E-state index in [9.17, 15) is 4.39 Å². The molecule has 0 aliphatic carbocycles. The van der Waals surface area contributed by atoms with Crippen LogP contribution in [-0.2, 0) is 0 Å². The van der Waals surface area contributed by atoms with Gasteiger partial charge in [0.05, 0.1) is 5.83 Å². The molecule has 0 bridgehead atoms. The van der Waals surface area contributed by atoms with Gasteiger partial charge in [0.15, 0.2) is 0 Å². The first-order valence-corrected chi connectivity index (χ1v) is 4.80. The molecule has 0 amide bonds. The third-order valence-electron chi connectivity index (χ3n) is 2.94. The molecule has 0 spiro atoms. The molecule has 1 unspecified atom stereocenters. The smallest absolute Gasteiger partial charge is 0.0989 e. The fraction of sp³-hybridized carbons (Fsp3) is 0.818. The van der Waals surface area contributed by atoms with Crippen molar-refractivity contribution in [2.45, 2.75) is 47.0 Å². The molecule has 0 aliphatic rings. The molecule has 12 heavy (non-hydrogen) atoms. The van der Waals surface area contributed by atoms with Gasteiger partial charge in [-0.2, -0.15) is 0 Å². The molecule has 0 aromatic carbocycles. The summed E-state index contributed by atoms with van der Waals surface area (Å²) in [5.74, 6) is 0.174. The van der Waals surface area contributed by atoms with E-state index in [1.54, 1.807) is 0 Å². The van der Waals surface area contributed by atoms with Gasteiger partial charge in [-0.25, -0.2) is 4.39 Å². The molecule has 1 atom stereocenters. The maximum Gasteiger partial charge on any atom is 0.0989 e. The van der Waals surface area contributed by atoms with Crippen LogP contribution in [0.25, 0.3) is 0 Å². The first-order valence-electron chi connectivity index (χ1n) is 4.80. The maximum absolute atomic E-state index is 13.1. The maximum atomic E-state index is 13.1. The minimum Gasteiger partial charge on any atom is -0.212 e. The van der Waals surface area contributed by atoms with Crippen molar-refractivity contribution in [1.29, 1.82) is 0 Å². The SMILES string of the molecule is C=C(F)C(C)(CCCC)C(C)C. The first kappa shape index (κ1) is 11.7. The van der Waals surface area contributed by atoms with Crippen molar-refractivity contribution < 1.29 is 4.39 Å². The van der Waals surface area contributed by atoms with Crippen LogP contribution in [0.4, 0.5) is 4.39 Å². The minimum atomic E-state index is -0.310. The summed E-state index contributed by atoms with van der Waals surface area (Å²) in [4.78, 5) is 0. The lowest BCUT2D eigenvalue weighted by molar-refractivity contribution is 0.203. The average Bonchev–Trinajstić information content (AvgIpc) is 1.99. The minimum absolute atomic E-state index is 0.161. The van der Waals surface area contributed by atoms with Crippen LogP contribution in [0.2, 0.25) is 0 Å². The molecule has 0 radical (unpaired) electrons. The summed E-state index contributed by atoms with van der Waals surface area (Å²) in [7, 11) is 0. The molecule has 0 aromatic rings. The van der Waals surface area contributed by atoms with Gasteiger partial charge < -0.3 is 0 Å². The molecule has 1 heteroatoms. The fourth-order valence-corrected chi connectivity index (χ4v) is 1.28. The molecule has 0 N–H and O–H groups in total. The molecule has 0 fully saturated rings. The summed E-state index contributed by atoms with van der Waals surface area (Å²) in [6.07, 6.45) is 3.11. The van der Waals surface area contributed by atoms with E-state index in [4.69, 9.17) is 0 Å². The summed E-state index contributed by atoms with van der Waals surface area (Å²) in [5, 5.41) is 0. The number of allylic oxidation sites excluding steroid dienone is 1. The van der Waals surface area contributed by atoms with Gasteiger partial charge in [0, 0.05) is 5.41 Å². The second kappa shape index (κ2) is 4.64. The predicted octanol–water partition coefficient (Wildman–Crippen LogP) is 4.32. The molecular formula is C11H21F. The van der Waals surface area contributed by atoms with Crippen LogP contribution in [0.5, 0.6) is 0 Å². The Labute approximate surface area is 75.9 Å². The molecule has 0 rings (SSSR count). The van der Waals surface area contributed by atoms with Crippen molar-refractivity contribution in [2.24, 2.45) is 11.3 Å². The normalized spacial score (nSPS) is 16.2. The van der Waals surface area contributed by atoms with E-state index in [0.29, 0.717) is 5.92 Å². The summed E-state index contributed by atoms with van der Waals surface area (Å²) >= 11 is 0. The highest BCUT2D eigenvalue weighted by Crippen LogP contribution is 2.39. The zero-order valence-electron chi connectivity index (χ0n) is 8.78. The van der Waals surface area contributed by atoms with Crippen molar-refractivity contribution in [3.05, 3.63) is 12.4 Å².